The lowest BCUT2D eigenvalue weighted by Crippen LogP contribution is -2.28. The molecule has 1 rings (SSSR count). The Labute approximate surface area is 101 Å². The van der Waals surface area contributed by atoms with Gasteiger partial charge in [0.15, 0.2) is 11.5 Å². The summed E-state index contributed by atoms with van der Waals surface area (Å²) in [6, 6.07) is 3.33. The molecule has 0 radical (unpaired) electrons. The number of rotatable bonds is 5. The zero-order valence-electron chi connectivity index (χ0n) is 10.3. The molecule has 1 aromatic heterocycles. The van der Waals surface area contributed by atoms with E-state index in [1.165, 1.54) is 0 Å². The highest BCUT2D eigenvalue weighted by atomic mass is 16.3. The second-order valence-electron chi connectivity index (χ2n) is 3.87. The number of aliphatic hydroxyl groups is 1. The number of nitrogens with one attached hydrogen (secondary N) is 1. The van der Waals surface area contributed by atoms with Crippen molar-refractivity contribution in [3.63, 3.8) is 0 Å². The van der Waals surface area contributed by atoms with E-state index in [0.29, 0.717) is 24.6 Å². The molecule has 6 heteroatoms. The number of nitrogens with zero attached hydrogens (tertiary/aromatic N) is 3. The first-order valence-electron chi connectivity index (χ1n) is 5.55. The maximum absolute atomic E-state index is 11.4. The number of carbonyl (C=O) groups excluding carboxylic acids is 1. The number of carbonyl (C=O) groups is 1. The minimum atomic E-state index is -0.440. The predicted octanol–water partition coefficient (Wildman–Crippen LogP) is 0.0433. The highest BCUT2D eigenvalue weighted by Gasteiger charge is 2.09. The molecule has 1 unspecified atom stereocenters. The van der Waals surface area contributed by atoms with E-state index in [1.807, 2.05) is 14.0 Å². The molecule has 0 spiro atoms. The normalized spacial score (nSPS) is 12.0. The number of hydrogen-bond acceptors (Lipinski definition) is 5. The number of hydrogen-bond donors (Lipinski definition) is 2. The first-order chi connectivity index (χ1) is 8.04. The first kappa shape index (κ1) is 13.4. The average Bonchev–Trinajstić information content (AvgIpc) is 2.28. The van der Waals surface area contributed by atoms with Crippen molar-refractivity contribution in [3.8, 4) is 0 Å². The summed E-state index contributed by atoms with van der Waals surface area (Å²) < 4.78 is 0. The molecular formula is C11H18N4O2. The third kappa shape index (κ3) is 3.99. The summed E-state index contributed by atoms with van der Waals surface area (Å²) in [5.74, 6) is 0.392. The van der Waals surface area contributed by atoms with Gasteiger partial charge in [0.1, 0.15) is 0 Å². The van der Waals surface area contributed by atoms with Crippen molar-refractivity contribution in [1.29, 1.82) is 0 Å². The topological polar surface area (TPSA) is 78.4 Å². The SMILES string of the molecule is CCNC(=O)c1ccc(N(C)CC(C)O)nn1. The van der Waals surface area contributed by atoms with Crippen LogP contribution in [0.5, 0.6) is 0 Å². The molecule has 94 valence electrons. The Bertz CT molecular complexity index is 364. The largest absolute Gasteiger partial charge is 0.392 e. The molecule has 6 nitrogen and oxygen atoms in total. The van der Waals surface area contributed by atoms with Gasteiger partial charge in [-0.2, -0.15) is 0 Å². The van der Waals surface area contributed by atoms with Crippen LogP contribution >= 0.6 is 0 Å². The standard InChI is InChI=1S/C11H18N4O2/c1-4-12-11(17)9-5-6-10(14-13-9)15(3)7-8(2)16/h5-6,8,16H,4,7H2,1-3H3,(H,12,17). The lowest BCUT2D eigenvalue weighted by atomic mass is 10.3. The number of aliphatic hydroxyl groups excluding tert-OH is 1. The molecule has 1 amide bonds. The Morgan fingerprint density at radius 2 is 2.24 bits per heavy atom. The molecule has 0 saturated heterocycles. The third-order valence-electron chi connectivity index (χ3n) is 2.15. The zero-order valence-corrected chi connectivity index (χ0v) is 10.3. The van der Waals surface area contributed by atoms with Crippen molar-refractivity contribution in [2.24, 2.45) is 0 Å². The molecular weight excluding hydrogens is 220 g/mol. The second-order valence-corrected chi connectivity index (χ2v) is 3.87. The van der Waals surface area contributed by atoms with E-state index in [-0.39, 0.29) is 5.91 Å². The van der Waals surface area contributed by atoms with Gasteiger partial charge in [-0.1, -0.05) is 0 Å². The molecule has 0 aliphatic rings. The van der Waals surface area contributed by atoms with Crippen LogP contribution in [0.2, 0.25) is 0 Å². The zero-order chi connectivity index (χ0) is 12.8. The van der Waals surface area contributed by atoms with Gasteiger partial charge in [-0.25, -0.2) is 0 Å². The molecule has 0 aliphatic heterocycles. The fourth-order valence-corrected chi connectivity index (χ4v) is 1.39. The Hall–Kier alpha value is -1.69. The van der Waals surface area contributed by atoms with Crippen molar-refractivity contribution in [2.45, 2.75) is 20.0 Å². The van der Waals surface area contributed by atoms with E-state index in [1.54, 1.807) is 24.0 Å². The molecule has 0 fully saturated rings. The van der Waals surface area contributed by atoms with Crippen LogP contribution in [0.1, 0.15) is 24.3 Å². The van der Waals surface area contributed by atoms with Gasteiger partial charge in [0, 0.05) is 20.1 Å². The third-order valence-corrected chi connectivity index (χ3v) is 2.15. The number of anilines is 1. The van der Waals surface area contributed by atoms with Gasteiger partial charge in [0.2, 0.25) is 0 Å². The predicted molar refractivity (Wildman–Crippen MR) is 65.0 cm³/mol. The minimum Gasteiger partial charge on any atom is -0.392 e. The van der Waals surface area contributed by atoms with Gasteiger partial charge in [0.25, 0.3) is 5.91 Å². The van der Waals surface area contributed by atoms with Crippen molar-refractivity contribution in [2.75, 3.05) is 25.0 Å². The number of likely N-dealkylation sites (N-methyl/N-ethyl adjacent to an activating group) is 1. The van der Waals surface area contributed by atoms with Crippen molar-refractivity contribution >= 4 is 11.7 Å². The van der Waals surface area contributed by atoms with Gasteiger partial charge in [0.05, 0.1) is 6.10 Å². The Morgan fingerprint density at radius 3 is 2.71 bits per heavy atom. The van der Waals surface area contributed by atoms with E-state index < -0.39 is 6.10 Å². The number of aromatic nitrogens is 2. The summed E-state index contributed by atoms with van der Waals surface area (Å²) in [6.07, 6.45) is -0.440. The van der Waals surface area contributed by atoms with E-state index >= 15 is 0 Å². The molecule has 1 heterocycles. The summed E-state index contributed by atoms with van der Waals surface area (Å²) in [7, 11) is 1.81. The highest BCUT2D eigenvalue weighted by Crippen LogP contribution is 2.07. The van der Waals surface area contributed by atoms with E-state index in [9.17, 15) is 9.90 Å². The lowest BCUT2D eigenvalue weighted by molar-refractivity contribution is 0.0950. The summed E-state index contributed by atoms with van der Waals surface area (Å²) in [6.45, 7) is 4.57. The molecule has 0 aromatic carbocycles. The average molecular weight is 238 g/mol. The highest BCUT2D eigenvalue weighted by molar-refractivity contribution is 5.92. The van der Waals surface area contributed by atoms with E-state index in [2.05, 4.69) is 15.5 Å². The van der Waals surface area contributed by atoms with Crippen LogP contribution in [0.3, 0.4) is 0 Å². The fraction of sp³-hybridized carbons (Fsp3) is 0.545. The van der Waals surface area contributed by atoms with Crippen LogP contribution in [-0.4, -0.2) is 47.5 Å². The van der Waals surface area contributed by atoms with Crippen LogP contribution in [0.4, 0.5) is 5.82 Å². The summed E-state index contributed by atoms with van der Waals surface area (Å²) >= 11 is 0. The Balaban J connectivity index is 2.70. The molecule has 0 bridgehead atoms. The van der Waals surface area contributed by atoms with Crippen molar-refractivity contribution < 1.29 is 9.90 Å². The smallest absolute Gasteiger partial charge is 0.271 e. The maximum Gasteiger partial charge on any atom is 0.271 e. The molecule has 0 saturated carbocycles. The molecule has 0 aliphatic carbocycles. The van der Waals surface area contributed by atoms with Crippen LogP contribution in [0.25, 0.3) is 0 Å². The quantitative estimate of drug-likeness (QED) is 0.757. The maximum atomic E-state index is 11.4. The van der Waals surface area contributed by atoms with Gasteiger partial charge < -0.3 is 15.3 Å². The molecule has 2 N–H and O–H groups in total. The van der Waals surface area contributed by atoms with Crippen LogP contribution < -0.4 is 10.2 Å². The summed E-state index contributed by atoms with van der Waals surface area (Å²) in [5, 5.41) is 19.7. The monoisotopic (exact) mass is 238 g/mol. The number of amides is 1. The fourth-order valence-electron chi connectivity index (χ4n) is 1.39. The van der Waals surface area contributed by atoms with Crippen LogP contribution in [0.15, 0.2) is 12.1 Å². The molecule has 17 heavy (non-hydrogen) atoms. The van der Waals surface area contributed by atoms with Gasteiger partial charge in [-0.15, -0.1) is 10.2 Å². The minimum absolute atomic E-state index is 0.232. The van der Waals surface area contributed by atoms with E-state index in [0.717, 1.165) is 0 Å². The molecule has 1 atom stereocenters. The van der Waals surface area contributed by atoms with Gasteiger partial charge in [-0.05, 0) is 26.0 Å². The second kappa shape index (κ2) is 6.15. The Morgan fingerprint density at radius 1 is 1.53 bits per heavy atom. The summed E-state index contributed by atoms with van der Waals surface area (Å²) in [5.41, 5.74) is 0.293. The van der Waals surface area contributed by atoms with Crippen LogP contribution in [-0.2, 0) is 0 Å². The van der Waals surface area contributed by atoms with Gasteiger partial charge >= 0.3 is 0 Å². The first-order valence-corrected chi connectivity index (χ1v) is 5.55. The van der Waals surface area contributed by atoms with E-state index in [4.69, 9.17) is 0 Å². The lowest BCUT2D eigenvalue weighted by Gasteiger charge is -2.18. The molecule has 1 aromatic rings. The Kier molecular flexibility index (Phi) is 4.84. The van der Waals surface area contributed by atoms with Crippen molar-refractivity contribution in [3.05, 3.63) is 17.8 Å². The van der Waals surface area contributed by atoms with Gasteiger partial charge in [-0.3, -0.25) is 4.79 Å². The van der Waals surface area contributed by atoms with Crippen molar-refractivity contribution in [1.82, 2.24) is 15.5 Å². The summed E-state index contributed by atoms with van der Waals surface area (Å²) in [4.78, 5) is 13.2. The van der Waals surface area contributed by atoms with Crippen LogP contribution in [0, 0.1) is 0 Å².